The zero-order chi connectivity index (χ0) is 34.7. The molecule has 4 aromatic rings. The van der Waals surface area contributed by atoms with Crippen molar-refractivity contribution in [3.63, 3.8) is 0 Å². The summed E-state index contributed by atoms with van der Waals surface area (Å²) in [4.78, 5) is 33.6. The van der Waals surface area contributed by atoms with Gasteiger partial charge in [0.2, 0.25) is 11.1 Å². The first kappa shape index (κ1) is 34.8. The van der Waals surface area contributed by atoms with Crippen LogP contribution in [-0.2, 0) is 20.1 Å². The number of nitrogens with zero attached hydrogens (tertiary/aromatic N) is 4. The highest BCUT2D eigenvalue weighted by atomic mass is 79.9. The number of carbonyl (C=O) groups is 2. The molecule has 3 aromatic carbocycles. The van der Waals surface area contributed by atoms with Crippen LogP contribution in [0.5, 0.6) is 11.5 Å². The molecule has 2 N–H and O–H groups in total. The molecule has 1 saturated heterocycles. The van der Waals surface area contributed by atoms with Gasteiger partial charge in [0.15, 0.2) is 18.1 Å². The second-order valence-corrected chi connectivity index (χ2v) is 13.8. The smallest absolute Gasteiger partial charge is 0.260 e. The first-order valence-electron chi connectivity index (χ1n) is 15.7. The van der Waals surface area contributed by atoms with E-state index in [-0.39, 0.29) is 18.4 Å². The zero-order valence-corrected chi connectivity index (χ0v) is 30.7. The molecule has 256 valence electrons. The van der Waals surface area contributed by atoms with Gasteiger partial charge in [0.1, 0.15) is 6.04 Å². The van der Waals surface area contributed by atoms with Crippen molar-refractivity contribution in [2.75, 3.05) is 50.7 Å². The number of nitrogens with one attached hydrogen (secondary N) is 2. The monoisotopic (exact) mass is 766 g/mol. The van der Waals surface area contributed by atoms with E-state index >= 15 is 0 Å². The maximum Gasteiger partial charge on any atom is 0.260 e. The van der Waals surface area contributed by atoms with Gasteiger partial charge in [0, 0.05) is 35.2 Å². The first-order chi connectivity index (χ1) is 23.6. The Morgan fingerprint density at radius 3 is 2.65 bits per heavy atom. The minimum Gasteiger partial charge on any atom is -0.493 e. The molecule has 3 heterocycles. The largest absolute Gasteiger partial charge is 0.493 e. The van der Waals surface area contributed by atoms with Crippen LogP contribution >= 0.6 is 39.3 Å². The molecule has 1 atom stereocenters. The van der Waals surface area contributed by atoms with Gasteiger partial charge in [-0.3, -0.25) is 9.59 Å². The predicted molar refractivity (Wildman–Crippen MR) is 194 cm³/mol. The Kier molecular flexibility index (Phi) is 10.8. The molecule has 6 rings (SSSR count). The number of thioether (sulfide) groups is 1. The highest BCUT2D eigenvalue weighted by Gasteiger charge is 2.36. The van der Waals surface area contributed by atoms with Crippen molar-refractivity contribution >= 4 is 62.7 Å². The quantitative estimate of drug-likeness (QED) is 0.169. The Morgan fingerprint density at radius 1 is 1.12 bits per heavy atom. The molecule has 0 spiro atoms. The maximum absolute atomic E-state index is 14.2. The number of methoxy groups -OCH3 is 1. The summed E-state index contributed by atoms with van der Waals surface area (Å²) in [6, 6.07) is 16.4. The highest BCUT2D eigenvalue weighted by molar-refractivity contribution is 9.10. The normalized spacial score (nSPS) is 15.8. The third kappa shape index (κ3) is 7.59. The van der Waals surface area contributed by atoms with E-state index in [1.54, 1.807) is 15.6 Å². The molecule has 2 aliphatic rings. The number of allylic oxidation sites excluding steroid dienone is 1. The second-order valence-electron chi connectivity index (χ2n) is 11.6. The van der Waals surface area contributed by atoms with E-state index in [1.807, 2.05) is 69.3 Å². The van der Waals surface area contributed by atoms with Crippen molar-refractivity contribution in [1.82, 2.24) is 19.7 Å². The van der Waals surface area contributed by atoms with E-state index in [1.165, 1.54) is 18.9 Å². The molecule has 1 fully saturated rings. The lowest BCUT2D eigenvalue weighted by Gasteiger charge is -2.29. The van der Waals surface area contributed by atoms with Crippen LogP contribution < -0.4 is 20.1 Å². The van der Waals surface area contributed by atoms with Crippen LogP contribution in [0.3, 0.4) is 0 Å². The number of carbonyl (C=O) groups excluding carboxylic acids is 2. The minimum atomic E-state index is -0.697. The van der Waals surface area contributed by atoms with Gasteiger partial charge in [-0.15, -0.1) is 5.10 Å². The van der Waals surface area contributed by atoms with Gasteiger partial charge in [-0.05, 0) is 83.2 Å². The minimum absolute atomic E-state index is 0.141. The van der Waals surface area contributed by atoms with Gasteiger partial charge >= 0.3 is 0 Å². The second kappa shape index (κ2) is 15.2. The SMILES string of the molecule is COc1cc(C2C(C(=O)Nc3cccc(C)c3C)=C(C)Nc3nc(SCc4ccccc4Cl)nn32)cc(Br)c1OCC(=O)N1CCOCC1. The Morgan fingerprint density at radius 2 is 1.90 bits per heavy atom. The highest BCUT2D eigenvalue weighted by Crippen LogP contribution is 2.43. The van der Waals surface area contributed by atoms with E-state index in [4.69, 9.17) is 35.9 Å². The van der Waals surface area contributed by atoms with Crippen molar-refractivity contribution in [2.45, 2.75) is 37.7 Å². The number of benzene rings is 3. The average molecular weight is 768 g/mol. The third-order valence-electron chi connectivity index (χ3n) is 8.52. The molecule has 0 bridgehead atoms. The number of rotatable bonds is 10. The molecule has 1 unspecified atom stereocenters. The van der Waals surface area contributed by atoms with Crippen molar-refractivity contribution in [2.24, 2.45) is 0 Å². The summed E-state index contributed by atoms with van der Waals surface area (Å²) in [6.45, 7) is 7.71. The van der Waals surface area contributed by atoms with Gasteiger partial charge in [0.25, 0.3) is 11.8 Å². The summed E-state index contributed by atoms with van der Waals surface area (Å²) in [5, 5.41) is 12.5. The van der Waals surface area contributed by atoms with Crippen LogP contribution in [0.4, 0.5) is 11.6 Å². The summed E-state index contributed by atoms with van der Waals surface area (Å²) >= 11 is 11.5. The molecule has 1 aromatic heterocycles. The molecule has 14 heteroatoms. The molecule has 11 nitrogen and oxygen atoms in total. The van der Waals surface area contributed by atoms with Crippen molar-refractivity contribution < 1.29 is 23.8 Å². The number of morpholine rings is 1. The van der Waals surface area contributed by atoms with Crippen LogP contribution in [0.1, 0.15) is 35.2 Å². The van der Waals surface area contributed by atoms with Crippen LogP contribution in [-0.4, -0.2) is 71.5 Å². The molecule has 2 aliphatic heterocycles. The number of anilines is 2. The van der Waals surface area contributed by atoms with Gasteiger partial charge in [-0.25, -0.2) is 4.68 Å². The topological polar surface area (TPSA) is 120 Å². The summed E-state index contributed by atoms with van der Waals surface area (Å²) in [6.07, 6.45) is 0. The third-order valence-corrected chi connectivity index (χ3v) is 10.4. The van der Waals surface area contributed by atoms with Crippen LogP contribution in [0.15, 0.2) is 75.5 Å². The fraction of sp³-hybridized carbons (Fsp3) is 0.314. The van der Waals surface area contributed by atoms with E-state index in [9.17, 15) is 9.59 Å². The van der Waals surface area contributed by atoms with Gasteiger partial charge < -0.3 is 29.7 Å². The molecular formula is C35H36BrClN6O5S. The van der Waals surface area contributed by atoms with Gasteiger partial charge in [-0.1, -0.05) is 53.7 Å². The molecular weight excluding hydrogens is 732 g/mol. The number of halogens is 2. The molecule has 49 heavy (non-hydrogen) atoms. The zero-order valence-electron chi connectivity index (χ0n) is 27.5. The number of amides is 2. The number of hydrogen-bond donors (Lipinski definition) is 2. The summed E-state index contributed by atoms with van der Waals surface area (Å²) in [5.74, 6) is 1.38. The van der Waals surface area contributed by atoms with E-state index in [0.29, 0.717) is 81.0 Å². The van der Waals surface area contributed by atoms with Gasteiger partial charge in [0.05, 0.1) is 30.4 Å². The number of aromatic nitrogens is 3. The number of hydrogen-bond acceptors (Lipinski definition) is 9. The van der Waals surface area contributed by atoms with Gasteiger partial charge in [-0.2, -0.15) is 4.98 Å². The molecule has 0 radical (unpaired) electrons. The fourth-order valence-electron chi connectivity index (χ4n) is 5.70. The van der Waals surface area contributed by atoms with Crippen LogP contribution in [0.25, 0.3) is 0 Å². The Balaban J connectivity index is 1.35. The summed E-state index contributed by atoms with van der Waals surface area (Å²) < 4.78 is 19.4. The molecule has 0 saturated carbocycles. The Bertz CT molecular complexity index is 1930. The Labute approximate surface area is 302 Å². The lowest BCUT2D eigenvalue weighted by molar-refractivity contribution is -0.137. The van der Waals surface area contributed by atoms with Crippen LogP contribution in [0, 0.1) is 13.8 Å². The van der Waals surface area contributed by atoms with Crippen molar-refractivity contribution in [3.05, 3.63) is 97.6 Å². The standard InChI is InChI=1S/C35H36BrClN6O5S/c1-20-8-7-11-27(21(20)2)39-33(45)30-22(3)38-34-40-35(49-19-23-9-5-6-10-26(23)37)41-43(34)31(30)24-16-25(36)32(28(17-24)46-4)48-18-29(44)42-12-14-47-15-13-42/h5-11,16-17,31H,12-15,18-19H2,1-4H3,(H,39,45)(H,38,40,41). The number of fused-ring (bicyclic) bond motifs is 1. The van der Waals surface area contributed by atoms with E-state index in [0.717, 1.165) is 22.4 Å². The van der Waals surface area contributed by atoms with E-state index < -0.39 is 6.04 Å². The molecule has 2 amide bonds. The average Bonchev–Trinajstić information content (AvgIpc) is 3.50. The van der Waals surface area contributed by atoms with Crippen molar-refractivity contribution in [3.8, 4) is 11.5 Å². The lowest BCUT2D eigenvalue weighted by Crippen LogP contribution is -2.43. The van der Waals surface area contributed by atoms with Crippen LogP contribution in [0.2, 0.25) is 5.02 Å². The van der Waals surface area contributed by atoms with E-state index in [2.05, 4.69) is 26.6 Å². The Hall–Kier alpha value is -4.04. The number of aryl methyl sites for hydroxylation is 1. The lowest BCUT2D eigenvalue weighted by atomic mass is 9.94. The molecule has 0 aliphatic carbocycles. The summed E-state index contributed by atoms with van der Waals surface area (Å²) in [5.41, 5.74) is 5.50. The maximum atomic E-state index is 14.2. The summed E-state index contributed by atoms with van der Waals surface area (Å²) in [7, 11) is 1.53. The first-order valence-corrected chi connectivity index (χ1v) is 17.8. The van der Waals surface area contributed by atoms with Crippen molar-refractivity contribution in [1.29, 1.82) is 0 Å². The fourth-order valence-corrected chi connectivity index (χ4v) is 7.39. The number of ether oxygens (including phenoxy) is 3. The predicted octanol–water partition coefficient (Wildman–Crippen LogP) is 6.78.